The summed E-state index contributed by atoms with van der Waals surface area (Å²) in [6, 6.07) is 21.1. The average molecular weight is 429 g/mol. The minimum absolute atomic E-state index is 0.127. The van der Waals surface area contributed by atoms with Crippen LogP contribution in [-0.4, -0.2) is 45.6 Å². The number of aromatic nitrogens is 2. The maximum Gasteiger partial charge on any atom is 0.344 e. The summed E-state index contributed by atoms with van der Waals surface area (Å²) in [5.74, 6) is 0.919. The molecule has 6 nitrogen and oxygen atoms in total. The Bertz CT molecular complexity index is 1110. The number of carbonyl (C=O) groups excluding carboxylic acids is 2. The van der Waals surface area contributed by atoms with Crippen LogP contribution in [0.4, 0.5) is 4.79 Å². The van der Waals surface area contributed by atoms with Gasteiger partial charge in [0, 0.05) is 38.8 Å². The van der Waals surface area contributed by atoms with Crippen LogP contribution in [0.5, 0.6) is 0 Å². The quantitative estimate of drug-likeness (QED) is 0.618. The van der Waals surface area contributed by atoms with E-state index in [0.29, 0.717) is 23.6 Å². The fourth-order valence-corrected chi connectivity index (χ4v) is 5.14. The number of hydrogen-bond donors (Lipinski definition) is 1. The molecular weight excluding hydrogens is 400 g/mol. The molecule has 0 spiro atoms. The van der Waals surface area contributed by atoms with Crippen LogP contribution in [0.25, 0.3) is 11.1 Å². The monoisotopic (exact) mass is 428 g/mol. The smallest absolute Gasteiger partial charge is 0.322 e. The molecule has 2 aliphatic rings. The Morgan fingerprint density at radius 1 is 0.969 bits per heavy atom. The van der Waals surface area contributed by atoms with Crippen LogP contribution in [0.15, 0.2) is 66.9 Å². The van der Waals surface area contributed by atoms with Crippen LogP contribution in [0.3, 0.4) is 0 Å². The summed E-state index contributed by atoms with van der Waals surface area (Å²) in [6.45, 7) is 3.85. The second-order valence-electron chi connectivity index (χ2n) is 9.03. The molecular formula is C26H28N4O2. The van der Waals surface area contributed by atoms with Gasteiger partial charge in [0.05, 0.1) is 0 Å². The number of fused-ring (bicyclic) bond motifs is 1. The largest absolute Gasteiger partial charge is 0.344 e. The highest BCUT2D eigenvalue weighted by Crippen LogP contribution is 2.38. The standard InChI is InChI=1S/C26H28N4O2/c1-18(31)25-10-11-30(28-25)26(32)29-16-22-13-24(14-23(22)17-29)27-15-19-6-5-9-21(12-19)20-7-3-2-4-8-20/h2-12,22-24,27H,13-17H2,1H3/t22-,23+,24+. The Kier molecular flexibility index (Phi) is 5.62. The molecule has 1 saturated heterocycles. The van der Waals surface area contributed by atoms with Crippen LogP contribution in [0, 0.1) is 11.8 Å². The SMILES string of the molecule is CC(=O)c1ccn(C(=O)N2C[C@H]3C[C@H](NCc4cccc(-c5ccccc5)c4)C[C@H]3C2)n1. The molecule has 1 amide bonds. The highest BCUT2D eigenvalue weighted by molar-refractivity contribution is 5.92. The Balaban J connectivity index is 1.14. The lowest BCUT2D eigenvalue weighted by Gasteiger charge is -2.19. The zero-order valence-corrected chi connectivity index (χ0v) is 18.3. The average Bonchev–Trinajstić information content (AvgIpc) is 3.53. The third kappa shape index (κ3) is 4.23. The molecule has 3 aromatic rings. The maximum absolute atomic E-state index is 12.8. The Morgan fingerprint density at radius 2 is 1.69 bits per heavy atom. The normalized spacial score (nSPS) is 22.2. The van der Waals surface area contributed by atoms with Gasteiger partial charge in [-0.3, -0.25) is 4.79 Å². The van der Waals surface area contributed by atoms with Gasteiger partial charge in [0.1, 0.15) is 5.69 Å². The first kappa shape index (κ1) is 20.6. The van der Waals surface area contributed by atoms with Crippen molar-refractivity contribution in [3.63, 3.8) is 0 Å². The van der Waals surface area contributed by atoms with Crippen LogP contribution >= 0.6 is 0 Å². The lowest BCUT2D eigenvalue weighted by atomic mass is 10.0. The van der Waals surface area contributed by atoms with E-state index in [1.54, 1.807) is 12.3 Å². The lowest BCUT2D eigenvalue weighted by Crippen LogP contribution is -2.35. The van der Waals surface area contributed by atoms with Crippen molar-refractivity contribution in [1.29, 1.82) is 0 Å². The van der Waals surface area contributed by atoms with Crippen molar-refractivity contribution < 1.29 is 9.59 Å². The van der Waals surface area contributed by atoms with E-state index in [1.807, 2.05) is 11.0 Å². The molecule has 1 saturated carbocycles. The van der Waals surface area contributed by atoms with Crippen molar-refractivity contribution in [1.82, 2.24) is 20.0 Å². The summed E-state index contributed by atoms with van der Waals surface area (Å²) in [5, 5.41) is 7.86. The number of Topliss-reactive ketones (excluding diaryl/α,β-unsaturated/α-hetero) is 1. The molecule has 5 rings (SSSR count). The van der Waals surface area contributed by atoms with Crippen LogP contribution in [0.2, 0.25) is 0 Å². The van der Waals surface area contributed by atoms with E-state index in [0.717, 1.165) is 32.5 Å². The molecule has 1 aromatic heterocycles. The number of likely N-dealkylation sites (tertiary alicyclic amines) is 1. The molecule has 164 valence electrons. The zero-order valence-electron chi connectivity index (χ0n) is 18.3. The molecule has 1 aliphatic heterocycles. The van der Waals surface area contributed by atoms with Gasteiger partial charge in [0.15, 0.2) is 5.78 Å². The third-order valence-electron chi connectivity index (χ3n) is 6.80. The van der Waals surface area contributed by atoms with E-state index in [2.05, 4.69) is 58.9 Å². The minimum atomic E-state index is -0.130. The molecule has 0 radical (unpaired) electrons. The first-order chi connectivity index (χ1) is 15.6. The fourth-order valence-electron chi connectivity index (χ4n) is 5.14. The van der Waals surface area contributed by atoms with Gasteiger partial charge in [0.2, 0.25) is 0 Å². The predicted octanol–water partition coefficient (Wildman–Crippen LogP) is 4.22. The number of nitrogens with one attached hydrogen (secondary N) is 1. The summed E-state index contributed by atoms with van der Waals surface area (Å²) < 4.78 is 1.30. The number of rotatable bonds is 5. The van der Waals surface area contributed by atoms with Gasteiger partial charge in [-0.05, 0) is 53.5 Å². The summed E-state index contributed by atoms with van der Waals surface area (Å²) in [5.41, 5.74) is 4.11. The Labute approximate surface area is 188 Å². The zero-order chi connectivity index (χ0) is 22.1. The molecule has 32 heavy (non-hydrogen) atoms. The van der Waals surface area contributed by atoms with Crippen molar-refractivity contribution in [3.05, 3.63) is 78.1 Å². The maximum atomic E-state index is 12.8. The van der Waals surface area contributed by atoms with Crippen molar-refractivity contribution in [2.45, 2.75) is 32.4 Å². The number of ketones is 1. The van der Waals surface area contributed by atoms with Gasteiger partial charge in [-0.15, -0.1) is 0 Å². The number of nitrogens with zero attached hydrogens (tertiary/aromatic N) is 3. The molecule has 1 N–H and O–H groups in total. The second-order valence-corrected chi connectivity index (χ2v) is 9.03. The van der Waals surface area contributed by atoms with E-state index in [9.17, 15) is 9.59 Å². The van der Waals surface area contributed by atoms with Crippen molar-refractivity contribution in [3.8, 4) is 11.1 Å². The number of hydrogen-bond acceptors (Lipinski definition) is 4. The van der Waals surface area contributed by atoms with Crippen molar-refractivity contribution >= 4 is 11.8 Å². The van der Waals surface area contributed by atoms with E-state index in [-0.39, 0.29) is 11.8 Å². The molecule has 2 aromatic carbocycles. The first-order valence-electron chi connectivity index (χ1n) is 11.3. The number of carbonyl (C=O) groups is 2. The van der Waals surface area contributed by atoms with Gasteiger partial charge < -0.3 is 10.2 Å². The summed E-state index contributed by atoms with van der Waals surface area (Å²) in [4.78, 5) is 26.1. The van der Waals surface area contributed by atoms with Gasteiger partial charge in [-0.2, -0.15) is 9.78 Å². The highest BCUT2D eigenvalue weighted by atomic mass is 16.2. The fraction of sp³-hybridized carbons (Fsp3) is 0.346. The predicted molar refractivity (Wildman–Crippen MR) is 123 cm³/mol. The molecule has 3 atom stereocenters. The van der Waals surface area contributed by atoms with E-state index < -0.39 is 0 Å². The molecule has 2 heterocycles. The van der Waals surface area contributed by atoms with Crippen molar-refractivity contribution in [2.24, 2.45) is 11.8 Å². The first-order valence-corrected chi connectivity index (χ1v) is 11.3. The molecule has 1 aliphatic carbocycles. The third-order valence-corrected chi connectivity index (χ3v) is 6.80. The van der Waals surface area contributed by atoms with Crippen molar-refractivity contribution in [2.75, 3.05) is 13.1 Å². The van der Waals surface area contributed by atoms with E-state index in [4.69, 9.17) is 0 Å². The number of benzene rings is 2. The Morgan fingerprint density at radius 3 is 2.38 bits per heavy atom. The minimum Gasteiger partial charge on any atom is -0.322 e. The van der Waals surface area contributed by atoms with Crippen LogP contribution in [-0.2, 0) is 6.54 Å². The van der Waals surface area contributed by atoms with E-state index in [1.165, 1.54) is 28.3 Å². The second kappa shape index (κ2) is 8.71. The summed E-state index contributed by atoms with van der Waals surface area (Å²) in [6.07, 6.45) is 3.76. The molecule has 0 unspecified atom stereocenters. The summed E-state index contributed by atoms with van der Waals surface area (Å²) in [7, 11) is 0. The lowest BCUT2D eigenvalue weighted by molar-refractivity contribution is 0.101. The van der Waals surface area contributed by atoms with Gasteiger partial charge in [-0.25, -0.2) is 4.79 Å². The van der Waals surface area contributed by atoms with E-state index >= 15 is 0 Å². The topological polar surface area (TPSA) is 67.2 Å². The van der Waals surface area contributed by atoms with Gasteiger partial charge >= 0.3 is 6.03 Å². The highest BCUT2D eigenvalue weighted by Gasteiger charge is 2.42. The van der Waals surface area contributed by atoms with Gasteiger partial charge in [-0.1, -0.05) is 48.5 Å². The molecule has 0 bridgehead atoms. The van der Waals surface area contributed by atoms with Gasteiger partial charge in [0.25, 0.3) is 0 Å². The number of amides is 1. The Hall–Kier alpha value is -3.25. The molecule has 6 heteroatoms. The summed E-state index contributed by atoms with van der Waals surface area (Å²) >= 11 is 0. The van der Waals surface area contributed by atoms with Crippen LogP contribution in [0.1, 0.15) is 35.8 Å². The molecule has 2 fully saturated rings. The van der Waals surface area contributed by atoms with Crippen LogP contribution < -0.4 is 5.32 Å².